The quantitative estimate of drug-likeness (QED) is 0.706. The summed E-state index contributed by atoms with van der Waals surface area (Å²) in [7, 11) is 0. The molecule has 1 rings (SSSR count). The lowest BCUT2D eigenvalue weighted by molar-refractivity contribution is -0.129. The van der Waals surface area contributed by atoms with Crippen molar-refractivity contribution in [1.29, 1.82) is 0 Å². The van der Waals surface area contributed by atoms with Crippen LogP contribution in [0, 0.1) is 11.8 Å². The fourth-order valence-corrected chi connectivity index (χ4v) is 3.09. The van der Waals surface area contributed by atoms with E-state index in [1.807, 2.05) is 11.8 Å². The van der Waals surface area contributed by atoms with Crippen molar-refractivity contribution in [2.24, 2.45) is 11.8 Å². The van der Waals surface area contributed by atoms with Crippen LogP contribution in [0.25, 0.3) is 0 Å². The predicted molar refractivity (Wildman–Crippen MR) is 90.1 cm³/mol. The summed E-state index contributed by atoms with van der Waals surface area (Å²) >= 11 is 1.33. The number of thioether (sulfide) groups is 1. The minimum Gasteiger partial charge on any atom is -0.341 e. The third kappa shape index (κ3) is 5.87. The topological polar surface area (TPSA) is 71.0 Å². The summed E-state index contributed by atoms with van der Waals surface area (Å²) in [6.07, 6.45) is 0.855. The Morgan fingerprint density at radius 1 is 1.27 bits per heavy atom. The summed E-state index contributed by atoms with van der Waals surface area (Å²) in [5.74, 6) is 1.30. The average molecular weight is 328 g/mol. The molecule has 7 heteroatoms. The molecule has 0 bridgehead atoms. The number of amides is 1. The van der Waals surface area contributed by atoms with Crippen LogP contribution in [0.2, 0.25) is 0 Å². The van der Waals surface area contributed by atoms with E-state index in [1.165, 1.54) is 11.8 Å². The summed E-state index contributed by atoms with van der Waals surface area (Å²) < 4.78 is 1.59. The Labute approximate surface area is 136 Å². The van der Waals surface area contributed by atoms with Gasteiger partial charge in [0.25, 0.3) is 0 Å². The number of hydrogen-bond acceptors (Lipinski definition) is 4. The van der Waals surface area contributed by atoms with E-state index in [-0.39, 0.29) is 11.6 Å². The molecule has 22 heavy (non-hydrogen) atoms. The van der Waals surface area contributed by atoms with Gasteiger partial charge in [0.15, 0.2) is 5.16 Å². The third-order valence-corrected chi connectivity index (χ3v) is 3.98. The Balaban J connectivity index is 2.68. The summed E-state index contributed by atoms with van der Waals surface area (Å²) in [5, 5.41) is 7.05. The molecule has 0 aliphatic heterocycles. The van der Waals surface area contributed by atoms with E-state index in [9.17, 15) is 9.59 Å². The molecule has 1 heterocycles. The molecule has 1 aromatic heterocycles. The Hall–Kier alpha value is -1.24. The lowest BCUT2D eigenvalue weighted by atomic mass is 10.1. The minimum absolute atomic E-state index is 0.103. The molecular formula is C15H28N4O2S. The summed E-state index contributed by atoms with van der Waals surface area (Å²) in [5.41, 5.74) is -0.210. The van der Waals surface area contributed by atoms with Gasteiger partial charge in [-0.25, -0.2) is 9.89 Å². The molecule has 0 aliphatic rings. The number of nitrogens with one attached hydrogen (secondary N) is 1. The number of nitrogens with zero attached hydrogens (tertiary/aromatic N) is 3. The molecule has 0 radical (unpaired) electrons. The number of carbonyl (C=O) groups excluding carboxylic acids is 1. The molecule has 126 valence electrons. The van der Waals surface area contributed by atoms with E-state index >= 15 is 0 Å². The maximum Gasteiger partial charge on any atom is 0.343 e. The maximum absolute atomic E-state index is 12.4. The van der Waals surface area contributed by atoms with Crippen LogP contribution < -0.4 is 5.69 Å². The van der Waals surface area contributed by atoms with Gasteiger partial charge in [0.1, 0.15) is 0 Å². The second-order valence-corrected chi connectivity index (χ2v) is 7.28. The SMILES string of the molecule is CCCn1c(SCC(=O)N(CC(C)C)CC(C)C)n[nH]c1=O. The van der Waals surface area contributed by atoms with E-state index < -0.39 is 0 Å². The van der Waals surface area contributed by atoms with Crippen LogP contribution in [0.15, 0.2) is 9.95 Å². The van der Waals surface area contributed by atoms with Crippen LogP contribution >= 0.6 is 11.8 Å². The van der Waals surface area contributed by atoms with Crippen molar-refractivity contribution >= 4 is 17.7 Å². The van der Waals surface area contributed by atoms with E-state index in [0.29, 0.717) is 29.3 Å². The zero-order chi connectivity index (χ0) is 16.7. The molecular weight excluding hydrogens is 300 g/mol. The predicted octanol–water partition coefficient (Wildman–Crippen LogP) is 2.21. The molecule has 0 fully saturated rings. The zero-order valence-electron chi connectivity index (χ0n) is 14.3. The molecule has 1 aromatic rings. The van der Waals surface area contributed by atoms with Gasteiger partial charge in [0.2, 0.25) is 5.91 Å². The first-order valence-electron chi connectivity index (χ1n) is 7.90. The third-order valence-electron chi connectivity index (χ3n) is 3.02. The lowest BCUT2D eigenvalue weighted by Crippen LogP contribution is -2.38. The number of rotatable bonds is 9. The Morgan fingerprint density at radius 2 is 1.86 bits per heavy atom. The van der Waals surface area contributed by atoms with Crippen molar-refractivity contribution in [3.63, 3.8) is 0 Å². The molecule has 1 amide bonds. The second-order valence-electron chi connectivity index (χ2n) is 6.34. The fourth-order valence-electron chi connectivity index (χ4n) is 2.21. The first-order chi connectivity index (χ1) is 10.3. The van der Waals surface area contributed by atoms with Crippen molar-refractivity contribution in [3.8, 4) is 0 Å². The Kier molecular flexibility index (Phi) is 7.72. The number of hydrogen-bond donors (Lipinski definition) is 1. The molecule has 0 aromatic carbocycles. The molecule has 0 saturated carbocycles. The molecule has 1 N–H and O–H groups in total. The van der Waals surface area contributed by atoms with Gasteiger partial charge in [-0.15, -0.1) is 5.10 Å². The fraction of sp³-hybridized carbons (Fsp3) is 0.800. The van der Waals surface area contributed by atoms with Gasteiger partial charge in [0.05, 0.1) is 5.75 Å². The molecule has 0 spiro atoms. The van der Waals surface area contributed by atoms with Crippen molar-refractivity contribution in [2.45, 2.75) is 52.7 Å². The molecule has 0 atom stereocenters. The smallest absolute Gasteiger partial charge is 0.341 e. The molecule has 0 saturated heterocycles. The standard InChI is InChI=1S/C15H28N4O2S/c1-6-7-19-14(21)16-17-15(19)22-10-13(20)18(8-11(2)3)9-12(4)5/h11-12H,6-10H2,1-5H3,(H,16,21). The van der Waals surface area contributed by atoms with Gasteiger partial charge in [-0.05, 0) is 18.3 Å². The molecule has 0 aliphatic carbocycles. The average Bonchev–Trinajstić information content (AvgIpc) is 2.76. The van der Waals surface area contributed by atoms with Gasteiger partial charge in [-0.2, -0.15) is 0 Å². The van der Waals surface area contributed by atoms with Crippen molar-refractivity contribution in [1.82, 2.24) is 19.7 Å². The Morgan fingerprint density at radius 3 is 2.36 bits per heavy atom. The second kappa shape index (κ2) is 9.02. The highest BCUT2D eigenvalue weighted by Gasteiger charge is 2.18. The van der Waals surface area contributed by atoms with Crippen LogP contribution in [-0.4, -0.2) is 44.4 Å². The summed E-state index contributed by atoms with van der Waals surface area (Å²) in [6, 6.07) is 0. The van der Waals surface area contributed by atoms with E-state index in [4.69, 9.17) is 0 Å². The number of carbonyl (C=O) groups is 1. The van der Waals surface area contributed by atoms with Crippen LogP contribution in [-0.2, 0) is 11.3 Å². The molecule has 6 nitrogen and oxygen atoms in total. The minimum atomic E-state index is -0.210. The van der Waals surface area contributed by atoms with Gasteiger partial charge in [-0.1, -0.05) is 46.4 Å². The number of aromatic amines is 1. The highest BCUT2D eigenvalue weighted by atomic mass is 32.2. The zero-order valence-corrected chi connectivity index (χ0v) is 15.1. The van der Waals surface area contributed by atoms with Crippen molar-refractivity contribution < 1.29 is 4.79 Å². The van der Waals surface area contributed by atoms with Gasteiger partial charge in [0, 0.05) is 19.6 Å². The summed E-state index contributed by atoms with van der Waals surface area (Å²) in [6.45, 7) is 12.6. The first-order valence-corrected chi connectivity index (χ1v) is 8.89. The van der Waals surface area contributed by atoms with Gasteiger partial charge < -0.3 is 4.90 Å². The van der Waals surface area contributed by atoms with Crippen LogP contribution in [0.4, 0.5) is 0 Å². The summed E-state index contributed by atoms with van der Waals surface area (Å²) in [4.78, 5) is 26.0. The van der Waals surface area contributed by atoms with Crippen LogP contribution in [0.5, 0.6) is 0 Å². The lowest BCUT2D eigenvalue weighted by Gasteiger charge is -2.26. The Bertz CT molecular complexity index is 512. The van der Waals surface area contributed by atoms with Crippen LogP contribution in [0.3, 0.4) is 0 Å². The molecule has 0 unspecified atom stereocenters. The normalized spacial score (nSPS) is 11.4. The first kappa shape index (κ1) is 18.8. The highest BCUT2D eigenvalue weighted by molar-refractivity contribution is 7.99. The number of aromatic nitrogens is 3. The monoisotopic (exact) mass is 328 g/mol. The number of H-pyrrole nitrogens is 1. The highest BCUT2D eigenvalue weighted by Crippen LogP contribution is 2.15. The van der Waals surface area contributed by atoms with Crippen molar-refractivity contribution in [2.75, 3.05) is 18.8 Å². The van der Waals surface area contributed by atoms with Gasteiger partial charge in [-0.3, -0.25) is 9.36 Å². The maximum atomic E-state index is 12.4. The van der Waals surface area contributed by atoms with Crippen molar-refractivity contribution in [3.05, 3.63) is 10.5 Å². The largest absolute Gasteiger partial charge is 0.343 e. The van der Waals surface area contributed by atoms with Crippen LogP contribution in [0.1, 0.15) is 41.0 Å². The van der Waals surface area contributed by atoms with E-state index in [0.717, 1.165) is 19.5 Å². The van der Waals surface area contributed by atoms with Gasteiger partial charge >= 0.3 is 5.69 Å². The van der Waals surface area contributed by atoms with E-state index in [1.54, 1.807) is 4.57 Å². The van der Waals surface area contributed by atoms with E-state index in [2.05, 4.69) is 37.9 Å².